The summed E-state index contributed by atoms with van der Waals surface area (Å²) >= 11 is 5.84. The van der Waals surface area contributed by atoms with Gasteiger partial charge in [0.25, 0.3) is 0 Å². The van der Waals surface area contributed by atoms with Gasteiger partial charge in [0, 0.05) is 11.1 Å². The van der Waals surface area contributed by atoms with Crippen LogP contribution in [0.2, 0.25) is 5.02 Å². The van der Waals surface area contributed by atoms with Gasteiger partial charge in [-0.2, -0.15) is 9.97 Å². The minimum Gasteiger partial charge on any atom is -0.449 e. The van der Waals surface area contributed by atoms with Gasteiger partial charge in [0.1, 0.15) is 11.8 Å². The zero-order valence-electron chi connectivity index (χ0n) is 7.98. The van der Waals surface area contributed by atoms with Gasteiger partial charge in [-0.15, -0.1) is 0 Å². The van der Waals surface area contributed by atoms with Gasteiger partial charge < -0.3 is 8.83 Å². The zero-order chi connectivity index (χ0) is 11.0. The van der Waals surface area contributed by atoms with Gasteiger partial charge in [-0.1, -0.05) is 11.6 Å². The molecule has 0 aliphatic heterocycles. The number of rotatable bonds is 2. The molecule has 0 aliphatic rings. The quantitative estimate of drug-likeness (QED) is 0.739. The van der Waals surface area contributed by atoms with Crippen molar-refractivity contribution in [3.8, 4) is 0 Å². The Balaban J connectivity index is 1.99. The van der Waals surface area contributed by atoms with Crippen molar-refractivity contribution in [3.63, 3.8) is 0 Å². The highest BCUT2D eigenvalue weighted by Gasteiger charge is 2.07. The van der Waals surface area contributed by atoms with E-state index in [4.69, 9.17) is 20.4 Å². The molecule has 5 nitrogen and oxygen atoms in total. The fourth-order valence-corrected chi connectivity index (χ4v) is 1.50. The molecule has 0 radical (unpaired) electrons. The number of oxazole rings is 2. The minimum atomic E-state index is 0.353. The SMILES string of the molecule is Clc1ccc2nc(Nc3cocn3)oc2c1. The molecule has 80 valence electrons. The van der Waals surface area contributed by atoms with Crippen LogP contribution in [0.5, 0.6) is 0 Å². The van der Waals surface area contributed by atoms with Crippen LogP contribution in [0.3, 0.4) is 0 Å². The topological polar surface area (TPSA) is 64.1 Å². The van der Waals surface area contributed by atoms with E-state index in [2.05, 4.69) is 15.3 Å². The number of hydrogen-bond acceptors (Lipinski definition) is 5. The first-order chi connectivity index (χ1) is 7.81. The molecule has 0 amide bonds. The minimum absolute atomic E-state index is 0.353. The number of nitrogens with zero attached hydrogens (tertiary/aromatic N) is 2. The van der Waals surface area contributed by atoms with Crippen molar-refractivity contribution in [3.05, 3.63) is 35.9 Å². The molecule has 0 aliphatic carbocycles. The Morgan fingerprint density at radius 1 is 1.31 bits per heavy atom. The van der Waals surface area contributed by atoms with Crippen molar-refractivity contribution in [2.45, 2.75) is 0 Å². The highest BCUT2D eigenvalue weighted by atomic mass is 35.5. The summed E-state index contributed by atoms with van der Waals surface area (Å²) in [4.78, 5) is 8.11. The molecule has 0 spiro atoms. The summed E-state index contributed by atoms with van der Waals surface area (Å²) in [5, 5.41) is 3.48. The van der Waals surface area contributed by atoms with Crippen LogP contribution in [0, 0.1) is 0 Å². The Labute approximate surface area is 95.1 Å². The molecule has 16 heavy (non-hydrogen) atoms. The zero-order valence-corrected chi connectivity index (χ0v) is 8.73. The van der Waals surface area contributed by atoms with Crippen LogP contribution in [0.4, 0.5) is 11.8 Å². The van der Waals surface area contributed by atoms with Gasteiger partial charge in [-0.05, 0) is 12.1 Å². The van der Waals surface area contributed by atoms with Gasteiger partial charge in [-0.3, -0.25) is 5.32 Å². The molecule has 0 bridgehead atoms. The third kappa shape index (κ3) is 1.61. The lowest BCUT2D eigenvalue weighted by atomic mass is 10.3. The first-order valence-electron chi connectivity index (χ1n) is 4.52. The van der Waals surface area contributed by atoms with Crippen molar-refractivity contribution < 1.29 is 8.83 Å². The molecule has 0 atom stereocenters. The van der Waals surface area contributed by atoms with E-state index >= 15 is 0 Å². The highest BCUT2D eigenvalue weighted by molar-refractivity contribution is 6.31. The van der Waals surface area contributed by atoms with Gasteiger partial charge >= 0.3 is 6.01 Å². The molecule has 1 aromatic carbocycles. The van der Waals surface area contributed by atoms with Crippen molar-refractivity contribution in [1.82, 2.24) is 9.97 Å². The molecule has 3 rings (SSSR count). The second-order valence-electron chi connectivity index (χ2n) is 3.13. The number of aromatic nitrogens is 2. The van der Waals surface area contributed by atoms with Crippen molar-refractivity contribution in [2.24, 2.45) is 0 Å². The number of benzene rings is 1. The monoisotopic (exact) mass is 235 g/mol. The van der Waals surface area contributed by atoms with Gasteiger partial charge in [0.05, 0.1) is 0 Å². The van der Waals surface area contributed by atoms with Crippen LogP contribution in [0.15, 0.2) is 39.7 Å². The third-order valence-electron chi connectivity index (χ3n) is 2.02. The summed E-state index contributed by atoms with van der Waals surface area (Å²) in [7, 11) is 0. The normalized spacial score (nSPS) is 10.8. The van der Waals surface area contributed by atoms with Crippen LogP contribution >= 0.6 is 11.6 Å². The largest absolute Gasteiger partial charge is 0.449 e. The van der Waals surface area contributed by atoms with Crippen LogP contribution in [0.25, 0.3) is 11.1 Å². The summed E-state index contributed by atoms with van der Waals surface area (Å²) in [5.74, 6) is 0.539. The Bertz CT molecular complexity index is 618. The Hall–Kier alpha value is -2.01. The van der Waals surface area contributed by atoms with E-state index in [0.717, 1.165) is 5.52 Å². The number of anilines is 2. The lowest BCUT2D eigenvalue weighted by Gasteiger charge is -1.92. The smallest absolute Gasteiger partial charge is 0.301 e. The van der Waals surface area contributed by atoms with Crippen LogP contribution in [0.1, 0.15) is 0 Å². The molecule has 1 N–H and O–H groups in total. The highest BCUT2D eigenvalue weighted by Crippen LogP contribution is 2.23. The second kappa shape index (κ2) is 3.53. The van der Waals surface area contributed by atoms with Gasteiger partial charge in [0.15, 0.2) is 17.8 Å². The van der Waals surface area contributed by atoms with E-state index < -0.39 is 0 Å². The third-order valence-corrected chi connectivity index (χ3v) is 2.25. The predicted octanol–water partition coefficient (Wildman–Crippen LogP) is 3.21. The molecule has 3 aromatic rings. The molecule has 6 heteroatoms. The molecular formula is C10H6ClN3O2. The van der Waals surface area contributed by atoms with E-state index in [9.17, 15) is 0 Å². The van der Waals surface area contributed by atoms with Crippen LogP contribution in [-0.2, 0) is 0 Å². The molecule has 2 aromatic heterocycles. The summed E-state index contributed by atoms with van der Waals surface area (Å²) in [5.41, 5.74) is 1.36. The van der Waals surface area contributed by atoms with E-state index in [1.54, 1.807) is 18.2 Å². The summed E-state index contributed by atoms with van der Waals surface area (Å²) in [6.45, 7) is 0. The maximum atomic E-state index is 5.84. The average Bonchev–Trinajstić information content (AvgIpc) is 2.86. The molecular weight excluding hydrogens is 230 g/mol. The van der Waals surface area contributed by atoms with Gasteiger partial charge in [-0.25, -0.2) is 0 Å². The van der Waals surface area contributed by atoms with Crippen molar-refractivity contribution in [2.75, 3.05) is 5.32 Å². The van der Waals surface area contributed by atoms with Crippen molar-refractivity contribution >= 4 is 34.5 Å². The molecule has 0 fully saturated rings. The summed E-state index contributed by atoms with van der Waals surface area (Å²) < 4.78 is 10.2. The fraction of sp³-hybridized carbons (Fsp3) is 0. The van der Waals surface area contributed by atoms with E-state index in [1.165, 1.54) is 12.7 Å². The number of fused-ring (bicyclic) bond motifs is 1. The molecule has 0 saturated heterocycles. The Morgan fingerprint density at radius 3 is 3.06 bits per heavy atom. The lowest BCUT2D eigenvalue weighted by Crippen LogP contribution is -1.88. The van der Waals surface area contributed by atoms with E-state index in [1.807, 2.05) is 0 Å². The molecule has 0 saturated carbocycles. The maximum Gasteiger partial charge on any atom is 0.301 e. The predicted molar refractivity (Wildman–Crippen MR) is 58.8 cm³/mol. The van der Waals surface area contributed by atoms with E-state index in [-0.39, 0.29) is 0 Å². The standard InChI is InChI=1S/C10H6ClN3O2/c11-6-1-2-7-8(3-6)16-10(13-7)14-9-4-15-5-12-9/h1-5H,(H,13,14). The number of halogens is 1. The average molecular weight is 236 g/mol. The Morgan fingerprint density at radius 2 is 2.25 bits per heavy atom. The van der Waals surface area contributed by atoms with Gasteiger partial charge in [0.2, 0.25) is 0 Å². The fourth-order valence-electron chi connectivity index (χ4n) is 1.34. The lowest BCUT2D eigenvalue weighted by molar-refractivity contribution is 0.558. The first kappa shape index (κ1) is 9.23. The van der Waals surface area contributed by atoms with Crippen LogP contribution in [-0.4, -0.2) is 9.97 Å². The second-order valence-corrected chi connectivity index (χ2v) is 3.57. The van der Waals surface area contributed by atoms with E-state index in [0.29, 0.717) is 22.4 Å². The maximum absolute atomic E-state index is 5.84. The van der Waals surface area contributed by atoms with Crippen LogP contribution < -0.4 is 5.32 Å². The Kier molecular flexibility index (Phi) is 2.04. The number of nitrogens with one attached hydrogen (secondary N) is 1. The molecule has 2 heterocycles. The summed E-state index contributed by atoms with van der Waals surface area (Å²) in [6, 6.07) is 5.60. The number of hydrogen-bond donors (Lipinski definition) is 1. The first-order valence-corrected chi connectivity index (χ1v) is 4.90. The van der Waals surface area contributed by atoms with Crippen molar-refractivity contribution in [1.29, 1.82) is 0 Å². The summed E-state index contributed by atoms with van der Waals surface area (Å²) in [6.07, 6.45) is 2.78. The molecule has 0 unspecified atom stereocenters.